The lowest BCUT2D eigenvalue weighted by Gasteiger charge is -2.31. The number of piperidine rings is 1. The number of aromatic nitrogens is 3. The van der Waals surface area contributed by atoms with Crippen LogP contribution in [-0.2, 0) is 16.1 Å². The number of halogens is 2. The van der Waals surface area contributed by atoms with Gasteiger partial charge in [-0.3, -0.25) is 19.0 Å². The van der Waals surface area contributed by atoms with Crippen molar-refractivity contribution in [3.05, 3.63) is 45.7 Å². The first-order chi connectivity index (χ1) is 15.9. The number of nitrogens with one attached hydrogen (secondary N) is 2. The Balaban J connectivity index is 1.50. The molecule has 1 atom stereocenters. The molecule has 0 saturated carbocycles. The zero-order valence-electron chi connectivity index (χ0n) is 17.8. The number of nitrogens with zero attached hydrogens (tertiary/aromatic N) is 4. The van der Waals surface area contributed by atoms with Crippen molar-refractivity contribution in [3.63, 3.8) is 0 Å². The van der Waals surface area contributed by atoms with Gasteiger partial charge in [0.25, 0.3) is 5.56 Å². The largest absolute Gasteiger partial charge is 0.356 e. The van der Waals surface area contributed by atoms with Gasteiger partial charge in [0, 0.05) is 24.7 Å². The van der Waals surface area contributed by atoms with Gasteiger partial charge in [-0.1, -0.05) is 22.9 Å². The van der Waals surface area contributed by atoms with Gasteiger partial charge in [-0.15, -0.1) is 0 Å². The van der Waals surface area contributed by atoms with Crippen LogP contribution in [0.1, 0.15) is 19.8 Å². The lowest BCUT2D eigenvalue weighted by Crippen LogP contribution is -2.43. The summed E-state index contributed by atoms with van der Waals surface area (Å²) in [5.41, 5.74) is -0.147. The molecule has 0 unspecified atom stereocenters. The van der Waals surface area contributed by atoms with Crippen LogP contribution in [0.25, 0.3) is 10.3 Å². The first kappa shape index (κ1) is 23.1. The molecule has 174 valence electrons. The average Bonchev–Trinajstić information content (AvgIpc) is 3.23. The fourth-order valence-electron chi connectivity index (χ4n) is 3.70. The molecule has 1 saturated heterocycles. The summed E-state index contributed by atoms with van der Waals surface area (Å²) in [5, 5.41) is 6.11. The van der Waals surface area contributed by atoms with E-state index >= 15 is 0 Å². The van der Waals surface area contributed by atoms with Gasteiger partial charge in [0.05, 0.1) is 11.6 Å². The molecule has 0 bridgehead atoms. The van der Waals surface area contributed by atoms with Crippen LogP contribution in [0.3, 0.4) is 0 Å². The number of benzene rings is 1. The van der Waals surface area contributed by atoms with Crippen LogP contribution in [0.4, 0.5) is 15.2 Å². The van der Waals surface area contributed by atoms with Gasteiger partial charge in [0.2, 0.25) is 11.8 Å². The van der Waals surface area contributed by atoms with Crippen molar-refractivity contribution in [2.75, 3.05) is 29.9 Å². The van der Waals surface area contributed by atoms with Crippen molar-refractivity contribution in [2.45, 2.75) is 26.3 Å². The standard InChI is InChI=1S/C21H22ClFN6O3S/c1-2-24-19(31)12-4-3-7-28(9-12)21-27-18-17(33-21)20(32)29(11-25-18)10-16(30)26-15-6-5-13(22)8-14(15)23/h5-6,8,11-12H,2-4,7,9-10H2,1H3,(H,24,31)(H,26,30)/t12-/m0/s1. The maximum atomic E-state index is 13.9. The molecule has 1 fully saturated rings. The van der Waals surface area contributed by atoms with Gasteiger partial charge < -0.3 is 15.5 Å². The number of amides is 2. The summed E-state index contributed by atoms with van der Waals surface area (Å²) >= 11 is 6.91. The van der Waals surface area contributed by atoms with Crippen LogP contribution in [0.5, 0.6) is 0 Å². The third-order valence-electron chi connectivity index (χ3n) is 5.31. The number of anilines is 2. The van der Waals surface area contributed by atoms with E-state index in [0.29, 0.717) is 28.6 Å². The summed E-state index contributed by atoms with van der Waals surface area (Å²) in [5.74, 6) is -1.36. The number of thiazole rings is 1. The van der Waals surface area contributed by atoms with E-state index in [2.05, 4.69) is 20.6 Å². The average molecular weight is 493 g/mol. The van der Waals surface area contributed by atoms with Crippen molar-refractivity contribution in [2.24, 2.45) is 5.92 Å². The number of fused-ring (bicyclic) bond motifs is 1. The summed E-state index contributed by atoms with van der Waals surface area (Å²) in [6.07, 6.45) is 2.90. The van der Waals surface area contributed by atoms with Gasteiger partial charge in [0.15, 0.2) is 10.8 Å². The summed E-state index contributed by atoms with van der Waals surface area (Å²) in [4.78, 5) is 48.2. The van der Waals surface area contributed by atoms with Crippen LogP contribution in [0.15, 0.2) is 29.3 Å². The molecule has 4 rings (SSSR count). The highest BCUT2D eigenvalue weighted by molar-refractivity contribution is 7.22. The van der Waals surface area contributed by atoms with E-state index in [4.69, 9.17) is 11.6 Å². The van der Waals surface area contributed by atoms with Crippen molar-refractivity contribution in [3.8, 4) is 0 Å². The first-order valence-corrected chi connectivity index (χ1v) is 11.7. The molecule has 12 heteroatoms. The molecule has 1 aromatic carbocycles. The van der Waals surface area contributed by atoms with Gasteiger partial charge in [-0.25, -0.2) is 9.37 Å². The zero-order chi connectivity index (χ0) is 23.5. The molecule has 0 radical (unpaired) electrons. The lowest BCUT2D eigenvalue weighted by molar-refractivity contribution is -0.125. The fourth-order valence-corrected chi connectivity index (χ4v) is 4.86. The highest BCUT2D eigenvalue weighted by atomic mass is 35.5. The first-order valence-electron chi connectivity index (χ1n) is 10.5. The minimum Gasteiger partial charge on any atom is -0.356 e. The van der Waals surface area contributed by atoms with Gasteiger partial charge in [-0.2, -0.15) is 4.98 Å². The Hall–Kier alpha value is -3.05. The topological polar surface area (TPSA) is 109 Å². The Kier molecular flexibility index (Phi) is 6.89. The van der Waals surface area contributed by atoms with Crippen LogP contribution in [0, 0.1) is 11.7 Å². The SMILES string of the molecule is CCNC(=O)[C@H]1CCCN(c2nc3ncn(CC(=O)Nc4ccc(Cl)cc4F)c(=O)c3s2)C1. The van der Waals surface area contributed by atoms with E-state index in [1.54, 1.807) is 0 Å². The highest BCUT2D eigenvalue weighted by Gasteiger charge is 2.27. The summed E-state index contributed by atoms with van der Waals surface area (Å²) in [7, 11) is 0. The molecule has 1 aliphatic rings. The second kappa shape index (κ2) is 9.84. The van der Waals surface area contributed by atoms with Crippen molar-refractivity contribution in [1.29, 1.82) is 0 Å². The molecular formula is C21H22ClFN6O3S. The second-order valence-corrected chi connectivity index (χ2v) is 9.09. The monoisotopic (exact) mass is 492 g/mol. The molecule has 2 aromatic heterocycles. The minimum atomic E-state index is -0.670. The van der Waals surface area contributed by atoms with E-state index in [0.717, 1.165) is 30.0 Å². The molecule has 2 N–H and O–H groups in total. The van der Waals surface area contributed by atoms with Crippen LogP contribution >= 0.6 is 22.9 Å². The Bertz CT molecular complexity index is 1260. The third kappa shape index (κ3) is 5.14. The molecule has 33 heavy (non-hydrogen) atoms. The number of hydrogen-bond acceptors (Lipinski definition) is 7. The fraction of sp³-hybridized carbons (Fsp3) is 0.381. The molecule has 0 spiro atoms. The van der Waals surface area contributed by atoms with Crippen molar-refractivity contribution < 1.29 is 14.0 Å². The van der Waals surface area contributed by atoms with E-state index in [9.17, 15) is 18.8 Å². The second-order valence-electron chi connectivity index (χ2n) is 7.68. The van der Waals surface area contributed by atoms with Crippen molar-refractivity contribution >= 4 is 55.9 Å². The predicted octanol–water partition coefficient (Wildman–Crippen LogP) is 2.64. The molecule has 0 aliphatic carbocycles. The molecule has 9 nitrogen and oxygen atoms in total. The summed E-state index contributed by atoms with van der Waals surface area (Å²) in [6, 6.07) is 3.89. The Morgan fingerprint density at radius 2 is 2.18 bits per heavy atom. The predicted molar refractivity (Wildman–Crippen MR) is 125 cm³/mol. The molecule has 3 heterocycles. The number of carbonyl (C=O) groups is 2. The zero-order valence-corrected chi connectivity index (χ0v) is 19.4. The number of rotatable bonds is 6. The maximum absolute atomic E-state index is 13.9. The van der Waals surface area contributed by atoms with E-state index in [-0.39, 0.29) is 29.1 Å². The summed E-state index contributed by atoms with van der Waals surface area (Å²) < 4.78 is 15.4. The Morgan fingerprint density at radius 3 is 2.94 bits per heavy atom. The minimum absolute atomic E-state index is 0.0203. The lowest BCUT2D eigenvalue weighted by atomic mass is 9.97. The van der Waals surface area contributed by atoms with Crippen molar-refractivity contribution in [1.82, 2.24) is 19.9 Å². The van der Waals surface area contributed by atoms with Crippen LogP contribution < -0.4 is 21.1 Å². The number of hydrogen-bond donors (Lipinski definition) is 2. The molecule has 2 amide bonds. The summed E-state index contributed by atoms with van der Waals surface area (Å²) in [6.45, 7) is 3.39. The van der Waals surface area contributed by atoms with Gasteiger partial charge >= 0.3 is 0 Å². The van der Waals surface area contributed by atoms with Gasteiger partial charge in [0.1, 0.15) is 23.4 Å². The smallest absolute Gasteiger partial charge is 0.273 e. The molecular weight excluding hydrogens is 471 g/mol. The highest BCUT2D eigenvalue weighted by Crippen LogP contribution is 2.29. The third-order valence-corrected chi connectivity index (χ3v) is 6.63. The number of carbonyl (C=O) groups excluding carboxylic acids is 2. The normalized spacial score (nSPS) is 16.1. The quantitative estimate of drug-likeness (QED) is 0.547. The maximum Gasteiger partial charge on any atom is 0.273 e. The van der Waals surface area contributed by atoms with Gasteiger partial charge in [-0.05, 0) is 38.0 Å². The van der Waals surface area contributed by atoms with Crippen LogP contribution in [-0.4, -0.2) is 46.0 Å². The Labute approximate surface area is 197 Å². The van der Waals surface area contributed by atoms with E-state index in [1.807, 2.05) is 11.8 Å². The Morgan fingerprint density at radius 1 is 1.36 bits per heavy atom. The van der Waals surface area contributed by atoms with E-state index < -0.39 is 17.3 Å². The molecule has 1 aliphatic heterocycles. The van der Waals surface area contributed by atoms with E-state index in [1.165, 1.54) is 29.8 Å². The molecule has 3 aromatic rings. The van der Waals surface area contributed by atoms with Crippen LogP contribution in [0.2, 0.25) is 5.02 Å².